The second-order valence-corrected chi connectivity index (χ2v) is 5.32. The number of ether oxygens (including phenoxy) is 1. The molecule has 1 atom stereocenters. The number of imidazole rings is 1. The molecule has 1 aromatic heterocycles. The van der Waals surface area contributed by atoms with Crippen molar-refractivity contribution in [1.29, 1.82) is 0 Å². The Labute approximate surface area is 119 Å². The van der Waals surface area contributed by atoms with Crippen LogP contribution in [0, 0.1) is 0 Å². The van der Waals surface area contributed by atoms with Crippen molar-refractivity contribution in [2.75, 3.05) is 13.7 Å². The van der Waals surface area contributed by atoms with Crippen LogP contribution in [0.25, 0.3) is 0 Å². The lowest BCUT2D eigenvalue weighted by Crippen LogP contribution is -2.24. The van der Waals surface area contributed by atoms with Crippen LogP contribution in [0.4, 0.5) is 0 Å². The van der Waals surface area contributed by atoms with Crippen molar-refractivity contribution in [3.63, 3.8) is 0 Å². The average Bonchev–Trinajstić information content (AvgIpc) is 3.00. The summed E-state index contributed by atoms with van der Waals surface area (Å²) in [7, 11) is 1.73. The third kappa shape index (κ3) is 2.85. The predicted molar refractivity (Wildman–Crippen MR) is 79.0 cm³/mol. The molecule has 0 fully saturated rings. The van der Waals surface area contributed by atoms with E-state index < -0.39 is 0 Å². The summed E-state index contributed by atoms with van der Waals surface area (Å²) in [6, 6.07) is 6.49. The van der Waals surface area contributed by atoms with Gasteiger partial charge < -0.3 is 15.0 Å². The highest BCUT2D eigenvalue weighted by Gasteiger charge is 2.20. The van der Waals surface area contributed by atoms with Crippen LogP contribution in [0.1, 0.15) is 35.7 Å². The lowest BCUT2D eigenvalue weighted by molar-refractivity contribution is 0.412. The second-order valence-electron chi connectivity index (χ2n) is 5.32. The summed E-state index contributed by atoms with van der Waals surface area (Å²) < 4.78 is 5.32. The molecule has 106 valence electrons. The van der Waals surface area contributed by atoms with Gasteiger partial charge in [0, 0.05) is 18.9 Å². The fraction of sp³-hybridized carbons (Fsp3) is 0.438. The number of hydrogen-bond acceptors (Lipinski definition) is 3. The van der Waals surface area contributed by atoms with Crippen molar-refractivity contribution in [3.05, 3.63) is 47.5 Å². The molecule has 0 bridgehead atoms. The molecular weight excluding hydrogens is 250 g/mol. The summed E-state index contributed by atoms with van der Waals surface area (Å²) in [6.45, 7) is 1.80. The van der Waals surface area contributed by atoms with Gasteiger partial charge in [-0.05, 0) is 48.4 Å². The molecule has 2 aromatic rings. The summed E-state index contributed by atoms with van der Waals surface area (Å²) >= 11 is 0. The minimum atomic E-state index is 0.597. The van der Waals surface area contributed by atoms with E-state index in [1.807, 2.05) is 6.20 Å². The number of fused-ring (bicyclic) bond motifs is 1. The summed E-state index contributed by atoms with van der Waals surface area (Å²) in [5.74, 6) is 2.56. The van der Waals surface area contributed by atoms with E-state index in [0.29, 0.717) is 5.92 Å². The van der Waals surface area contributed by atoms with Crippen LogP contribution in [0.15, 0.2) is 30.6 Å². The minimum Gasteiger partial charge on any atom is -0.497 e. The molecule has 0 amide bonds. The normalized spacial score (nSPS) is 17.8. The summed E-state index contributed by atoms with van der Waals surface area (Å²) in [5, 5.41) is 3.50. The lowest BCUT2D eigenvalue weighted by atomic mass is 9.82. The van der Waals surface area contributed by atoms with E-state index in [2.05, 4.69) is 33.5 Å². The Hall–Kier alpha value is -1.81. The summed E-state index contributed by atoms with van der Waals surface area (Å²) in [4.78, 5) is 7.35. The van der Waals surface area contributed by atoms with Crippen molar-refractivity contribution < 1.29 is 4.74 Å². The Morgan fingerprint density at radius 2 is 2.40 bits per heavy atom. The van der Waals surface area contributed by atoms with Gasteiger partial charge in [-0.15, -0.1) is 0 Å². The van der Waals surface area contributed by atoms with Gasteiger partial charge in [-0.3, -0.25) is 0 Å². The molecule has 1 aliphatic rings. The highest BCUT2D eigenvalue weighted by molar-refractivity contribution is 5.39. The van der Waals surface area contributed by atoms with Crippen molar-refractivity contribution in [2.24, 2.45) is 0 Å². The predicted octanol–water partition coefficient (Wildman–Crippen LogP) is 2.63. The monoisotopic (exact) mass is 271 g/mol. The van der Waals surface area contributed by atoms with E-state index in [1.165, 1.54) is 30.4 Å². The van der Waals surface area contributed by atoms with E-state index in [0.717, 1.165) is 24.7 Å². The summed E-state index contributed by atoms with van der Waals surface area (Å²) in [5.41, 5.74) is 2.92. The molecule has 20 heavy (non-hydrogen) atoms. The SMILES string of the molecule is COc1ccc2c(c1)CCCC2CNCc1ncc[nH]1. The number of nitrogens with zero attached hydrogens (tertiary/aromatic N) is 1. The van der Waals surface area contributed by atoms with Crippen LogP contribution in [-0.4, -0.2) is 23.6 Å². The molecule has 0 aliphatic heterocycles. The first-order valence-electron chi connectivity index (χ1n) is 7.22. The highest BCUT2D eigenvalue weighted by atomic mass is 16.5. The van der Waals surface area contributed by atoms with Crippen LogP contribution in [0.3, 0.4) is 0 Å². The van der Waals surface area contributed by atoms with Crippen molar-refractivity contribution in [1.82, 2.24) is 15.3 Å². The molecule has 1 heterocycles. The van der Waals surface area contributed by atoms with Gasteiger partial charge in [-0.2, -0.15) is 0 Å². The molecule has 0 radical (unpaired) electrons. The fourth-order valence-electron chi connectivity index (χ4n) is 2.99. The minimum absolute atomic E-state index is 0.597. The number of nitrogens with one attached hydrogen (secondary N) is 2. The van der Waals surface area contributed by atoms with Crippen LogP contribution in [0.2, 0.25) is 0 Å². The van der Waals surface area contributed by atoms with Gasteiger partial charge in [0.1, 0.15) is 11.6 Å². The van der Waals surface area contributed by atoms with Crippen molar-refractivity contribution in [2.45, 2.75) is 31.7 Å². The fourth-order valence-corrected chi connectivity index (χ4v) is 2.99. The third-order valence-electron chi connectivity index (χ3n) is 4.03. The van der Waals surface area contributed by atoms with Crippen molar-refractivity contribution >= 4 is 0 Å². The zero-order valence-corrected chi connectivity index (χ0v) is 11.9. The van der Waals surface area contributed by atoms with Gasteiger partial charge in [-0.1, -0.05) is 6.07 Å². The molecule has 1 unspecified atom stereocenters. The average molecular weight is 271 g/mol. The Kier molecular flexibility index (Phi) is 4.02. The molecule has 0 saturated carbocycles. The molecule has 1 aromatic carbocycles. The Balaban J connectivity index is 1.64. The van der Waals surface area contributed by atoms with Gasteiger partial charge in [0.05, 0.1) is 13.7 Å². The number of aryl methyl sites for hydroxylation is 1. The molecule has 4 nitrogen and oxygen atoms in total. The van der Waals surface area contributed by atoms with Gasteiger partial charge in [0.15, 0.2) is 0 Å². The van der Waals surface area contributed by atoms with Crippen LogP contribution in [-0.2, 0) is 13.0 Å². The maximum Gasteiger partial charge on any atom is 0.120 e. The quantitative estimate of drug-likeness (QED) is 0.879. The first-order chi connectivity index (χ1) is 9.86. The summed E-state index contributed by atoms with van der Waals surface area (Å²) in [6.07, 6.45) is 7.33. The largest absolute Gasteiger partial charge is 0.497 e. The van der Waals surface area contributed by atoms with E-state index in [4.69, 9.17) is 4.74 Å². The number of rotatable bonds is 5. The van der Waals surface area contributed by atoms with Crippen LogP contribution < -0.4 is 10.1 Å². The molecule has 2 N–H and O–H groups in total. The van der Waals surface area contributed by atoms with E-state index in [1.54, 1.807) is 13.3 Å². The number of methoxy groups -OCH3 is 1. The van der Waals surface area contributed by atoms with Gasteiger partial charge in [0.25, 0.3) is 0 Å². The number of aromatic amines is 1. The van der Waals surface area contributed by atoms with E-state index in [9.17, 15) is 0 Å². The lowest BCUT2D eigenvalue weighted by Gasteiger charge is -2.26. The second kappa shape index (κ2) is 6.09. The zero-order valence-electron chi connectivity index (χ0n) is 11.9. The van der Waals surface area contributed by atoms with Crippen LogP contribution >= 0.6 is 0 Å². The smallest absolute Gasteiger partial charge is 0.120 e. The third-order valence-corrected chi connectivity index (χ3v) is 4.03. The first-order valence-corrected chi connectivity index (χ1v) is 7.22. The highest BCUT2D eigenvalue weighted by Crippen LogP contribution is 2.33. The molecule has 0 spiro atoms. The van der Waals surface area contributed by atoms with E-state index in [-0.39, 0.29) is 0 Å². The molecule has 4 heteroatoms. The Bertz CT molecular complexity index is 551. The standard InChI is InChI=1S/C16H21N3O/c1-20-14-5-6-15-12(9-14)3-2-4-13(15)10-17-11-16-18-7-8-19-16/h5-9,13,17H,2-4,10-11H2,1H3,(H,18,19). The molecule has 3 rings (SSSR count). The molecular formula is C16H21N3O. The zero-order chi connectivity index (χ0) is 13.8. The Morgan fingerprint density at radius 1 is 1.45 bits per heavy atom. The van der Waals surface area contributed by atoms with Gasteiger partial charge >= 0.3 is 0 Å². The number of benzene rings is 1. The first kappa shape index (κ1) is 13.2. The van der Waals surface area contributed by atoms with Gasteiger partial charge in [0.2, 0.25) is 0 Å². The van der Waals surface area contributed by atoms with Crippen LogP contribution in [0.5, 0.6) is 5.75 Å². The maximum atomic E-state index is 5.32. The number of hydrogen-bond donors (Lipinski definition) is 2. The van der Waals surface area contributed by atoms with Gasteiger partial charge in [-0.25, -0.2) is 4.98 Å². The number of aromatic nitrogens is 2. The Morgan fingerprint density at radius 3 is 3.20 bits per heavy atom. The number of H-pyrrole nitrogens is 1. The molecule has 0 saturated heterocycles. The van der Waals surface area contributed by atoms with Crippen molar-refractivity contribution in [3.8, 4) is 5.75 Å². The van der Waals surface area contributed by atoms with E-state index >= 15 is 0 Å². The molecule has 1 aliphatic carbocycles. The topological polar surface area (TPSA) is 49.9 Å². The maximum absolute atomic E-state index is 5.32.